The van der Waals surface area contributed by atoms with Crippen molar-refractivity contribution in [1.29, 1.82) is 0 Å². The van der Waals surface area contributed by atoms with Gasteiger partial charge in [0.05, 0.1) is 7.11 Å². The lowest BCUT2D eigenvalue weighted by molar-refractivity contribution is 0.411. The standard InChI is InChI=1S/C25H23NO/c1-16-6-5-7-22(19-10-11-24-21(14-19)13-18(3)26-24)23(12-16)20-9-8-17(2)25(15-20)27-4/h5-15,26H,1H2,2-4H3. The second kappa shape index (κ2) is 6.81. The van der Waals surface area contributed by atoms with E-state index in [4.69, 9.17) is 4.74 Å². The van der Waals surface area contributed by atoms with Crippen LogP contribution in [0.15, 0.2) is 78.9 Å². The fourth-order valence-corrected chi connectivity index (χ4v) is 3.59. The highest BCUT2D eigenvalue weighted by molar-refractivity contribution is 6.08. The maximum absolute atomic E-state index is 5.55. The third kappa shape index (κ3) is 3.26. The Hall–Kier alpha value is -3.26. The molecule has 2 heteroatoms. The van der Waals surface area contributed by atoms with Crippen LogP contribution in [0.1, 0.15) is 22.4 Å². The van der Waals surface area contributed by atoms with Gasteiger partial charge in [0.15, 0.2) is 0 Å². The summed E-state index contributed by atoms with van der Waals surface area (Å²) in [5, 5.41) is 1.22. The van der Waals surface area contributed by atoms with Crippen LogP contribution in [-0.4, -0.2) is 12.1 Å². The van der Waals surface area contributed by atoms with Crippen molar-refractivity contribution in [3.05, 3.63) is 101 Å². The number of rotatable bonds is 3. The van der Waals surface area contributed by atoms with Crippen molar-refractivity contribution in [1.82, 2.24) is 4.98 Å². The first-order valence-electron chi connectivity index (χ1n) is 9.09. The van der Waals surface area contributed by atoms with Gasteiger partial charge in [-0.05, 0) is 77.6 Å². The van der Waals surface area contributed by atoms with Gasteiger partial charge in [-0.2, -0.15) is 0 Å². The molecule has 0 fully saturated rings. The first-order chi connectivity index (χ1) is 13.0. The molecule has 0 amide bonds. The number of aryl methyl sites for hydroxylation is 2. The van der Waals surface area contributed by atoms with E-state index in [1.807, 2.05) is 6.08 Å². The summed E-state index contributed by atoms with van der Waals surface area (Å²) >= 11 is 0. The largest absolute Gasteiger partial charge is 0.496 e. The molecule has 0 atom stereocenters. The van der Waals surface area contributed by atoms with Gasteiger partial charge in [-0.3, -0.25) is 0 Å². The molecular formula is C25H23NO. The zero-order valence-corrected chi connectivity index (χ0v) is 16.0. The van der Waals surface area contributed by atoms with Crippen molar-refractivity contribution < 1.29 is 4.74 Å². The van der Waals surface area contributed by atoms with E-state index in [0.29, 0.717) is 0 Å². The summed E-state index contributed by atoms with van der Waals surface area (Å²) < 4.78 is 5.55. The number of aromatic nitrogens is 1. The minimum Gasteiger partial charge on any atom is -0.496 e. The van der Waals surface area contributed by atoms with Crippen molar-refractivity contribution in [2.45, 2.75) is 13.8 Å². The van der Waals surface area contributed by atoms with Crippen LogP contribution in [-0.2, 0) is 0 Å². The number of nitrogens with one attached hydrogen (secondary N) is 1. The number of H-pyrrole nitrogens is 1. The van der Waals surface area contributed by atoms with Crippen molar-refractivity contribution in [3.8, 4) is 5.75 Å². The van der Waals surface area contributed by atoms with Crippen LogP contribution in [0.2, 0.25) is 0 Å². The van der Waals surface area contributed by atoms with Gasteiger partial charge in [0, 0.05) is 16.6 Å². The molecule has 1 N–H and O–H groups in total. The zero-order valence-electron chi connectivity index (χ0n) is 16.0. The highest BCUT2D eigenvalue weighted by Gasteiger charge is 2.14. The Morgan fingerprint density at radius 2 is 1.70 bits per heavy atom. The quantitative estimate of drug-likeness (QED) is 0.580. The number of fused-ring (bicyclic) bond motifs is 1. The van der Waals surface area contributed by atoms with E-state index >= 15 is 0 Å². The van der Waals surface area contributed by atoms with E-state index in [1.165, 1.54) is 22.2 Å². The number of hydrogen-bond acceptors (Lipinski definition) is 1. The number of aromatic amines is 1. The van der Waals surface area contributed by atoms with E-state index in [2.05, 4.69) is 86.1 Å². The smallest absolute Gasteiger partial charge is 0.122 e. The van der Waals surface area contributed by atoms with E-state index in [0.717, 1.165) is 33.5 Å². The molecule has 0 saturated carbocycles. The first kappa shape index (κ1) is 17.2. The Morgan fingerprint density at radius 1 is 0.926 bits per heavy atom. The minimum absolute atomic E-state index is 0.896. The van der Waals surface area contributed by atoms with E-state index in [-0.39, 0.29) is 0 Å². The predicted octanol–water partition coefficient (Wildman–Crippen LogP) is 6.39. The lowest BCUT2D eigenvalue weighted by Gasteiger charge is -2.15. The zero-order chi connectivity index (χ0) is 19.0. The summed E-state index contributed by atoms with van der Waals surface area (Å²) in [6.45, 7) is 8.30. The summed E-state index contributed by atoms with van der Waals surface area (Å²) in [4.78, 5) is 3.39. The molecule has 1 aliphatic carbocycles. The molecule has 0 saturated heterocycles. The molecule has 4 rings (SSSR count). The molecule has 0 unspecified atom stereocenters. The normalized spacial score (nSPS) is 14.1. The molecule has 3 aromatic rings. The van der Waals surface area contributed by atoms with Gasteiger partial charge >= 0.3 is 0 Å². The third-order valence-electron chi connectivity index (χ3n) is 4.98. The Bertz CT molecular complexity index is 1140. The Balaban J connectivity index is 1.87. The van der Waals surface area contributed by atoms with Crippen LogP contribution in [0.5, 0.6) is 5.75 Å². The first-order valence-corrected chi connectivity index (χ1v) is 9.09. The highest BCUT2D eigenvalue weighted by atomic mass is 16.5. The molecule has 1 aliphatic rings. The van der Waals surface area contributed by atoms with Crippen molar-refractivity contribution >= 4 is 22.0 Å². The Morgan fingerprint density at radius 3 is 2.52 bits per heavy atom. The number of methoxy groups -OCH3 is 1. The summed E-state index contributed by atoms with van der Waals surface area (Å²) in [6, 6.07) is 15.1. The Labute approximate surface area is 160 Å². The van der Waals surface area contributed by atoms with Gasteiger partial charge in [-0.25, -0.2) is 0 Å². The van der Waals surface area contributed by atoms with Crippen molar-refractivity contribution in [2.24, 2.45) is 0 Å². The molecule has 1 heterocycles. The molecule has 2 nitrogen and oxygen atoms in total. The van der Waals surface area contributed by atoms with Gasteiger partial charge in [0.2, 0.25) is 0 Å². The second-order valence-electron chi connectivity index (χ2n) is 7.01. The van der Waals surface area contributed by atoms with E-state index in [1.54, 1.807) is 7.11 Å². The summed E-state index contributed by atoms with van der Waals surface area (Å²) in [7, 11) is 1.72. The topological polar surface area (TPSA) is 25.0 Å². The van der Waals surface area contributed by atoms with Crippen LogP contribution in [0.3, 0.4) is 0 Å². The molecule has 0 aliphatic heterocycles. The average Bonchev–Trinajstić information content (AvgIpc) is 2.92. The summed E-state index contributed by atoms with van der Waals surface area (Å²) in [5.74, 6) is 0.896. The van der Waals surface area contributed by atoms with E-state index < -0.39 is 0 Å². The van der Waals surface area contributed by atoms with Crippen molar-refractivity contribution in [3.63, 3.8) is 0 Å². The molecule has 27 heavy (non-hydrogen) atoms. The van der Waals surface area contributed by atoms with Crippen molar-refractivity contribution in [2.75, 3.05) is 7.11 Å². The predicted molar refractivity (Wildman–Crippen MR) is 115 cm³/mol. The van der Waals surface area contributed by atoms with Crippen LogP contribution >= 0.6 is 0 Å². The Kier molecular flexibility index (Phi) is 4.33. The summed E-state index contributed by atoms with van der Waals surface area (Å²) in [5.41, 5.74) is 9.07. The second-order valence-corrected chi connectivity index (χ2v) is 7.01. The average molecular weight is 353 g/mol. The molecular weight excluding hydrogens is 330 g/mol. The molecule has 134 valence electrons. The van der Waals surface area contributed by atoms with Gasteiger partial charge in [0.1, 0.15) is 5.75 Å². The van der Waals surface area contributed by atoms with Gasteiger partial charge < -0.3 is 9.72 Å². The number of hydrogen-bond donors (Lipinski definition) is 1. The fourth-order valence-electron chi connectivity index (χ4n) is 3.59. The SMILES string of the molecule is C=C1C=CC=C(c2ccc3[nH]c(C)cc3c2)C(c2ccc(C)c(OC)c2)=C1. The van der Waals surface area contributed by atoms with Gasteiger partial charge in [-0.1, -0.05) is 43.0 Å². The lowest BCUT2D eigenvalue weighted by atomic mass is 9.90. The maximum atomic E-state index is 5.55. The number of allylic oxidation sites excluding steroid dienone is 7. The van der Waals surface area contributed by atoms with Crippen LogP contribution in [0, 0.1) is 13.8 Å². The minimum atomic E-state index is 0.896. The van der Waals surface area contributed by atoms with Gasteiger partial charge in [0.25, 0.3) is 0 Å². The maximum Gasteiger partial charge on any atom is 0.122 e. The molecule has 0 spiro atoms. The summed E-state index contributed by atoms with van der Waals surface area (Å²) in [6.07, 6.45) is 8.42. The fraction of sp³-hybridized carbons (Fsp3) is 0.120. The third-order valence-corrected chi connectivity index (χ3v) is 4.98. The van der Waals surface area contributed by atoms with Gasteiger partial charge in [-0.15, -0.1) is 0 Å². The van der Waals surface area contributed by atoms with Crippen LogP contribution in [0.25, 0.3) is 22.0 Å². The molecule has 0 bridgehead atoms. The molecule has 2 aromatic carbocycles. The number of ether oxygens (including phenoxy) is 1. The highest BCUT2D eigenvalue weighted by Crippen LogP contribution is 2.37. The van der Waals surface area contributed by atoms with Crippen LogP contribution < -0.4 is 4.74 Å². The van der Waals surface area contributed by atoms with Crippen LogP contribution in [0.4, 0.5) is 0 Å². The molecule has 1 aromatic heterocycles. The lowest BCUT2D eigenvalue weighted by Crippen LogP contribution is -1.94. The monoisotopic (exact) mass is 353 g/mol. The number of benzene rings is 2. The van der Waals surface area contributed by atoms with E-state index in [9.17, 15) is 0 Å². The molecule has 0 radical (unpaired) electrons.